The van der Waals surface area contributed by atoms with E-state index in [4.69, 9.17) is 14.9 Å². The number of primary amides is 1. The molecule has 9 heteroatoms. The molecule has 3 N–H and O–H groups in total. The summed E-state index contributed by atoms with van der Waals surface area (Å²) in [5.74, 6) is 0.0909. The summed E-state index contributed by atoms with van der Waals surface area (Å²) in [5, 5.41) is 2.69. The second-order valence-electron chi connectivity index (χ2n) is 10.7. The van der Waals surface area contributed by atoms with Gasteiger partial charge in [-0.05, 0) is 30.9 Å². The molecule has 1 aromatic heterocycles. The molecule has 2 aromatic rings. The lowest BCUT2D eigenvalue weighted by molar-refractivity contribution is -0.134. The van der Waals surface area contributed by atoms with E-state index in [0.29, 0.717) is 17.2 Å². The zero-order chi connectivity index (χ0) is 25.7. The average Bonchev–Trinajstić information content (AvgIpc) is 3.40. The SMILES string of the molecule is COc1c(-c2cnco2)ccc(NC(=O)C(N)=O)c1C(C)(C)CN1CCN(CC2CCCCC2)CC1. The Hall–Kier alpha value is -2.91. The Morgan fingerprint density at radius 1 is 1.14 bits per heavy atom. The highest BCUT2D eigenvalue weighted by Gasteiger charge is 2.34. The van der Waals surface area contributed by atoms with Crippen LogP contribution in [0.25, 0.3) is 11.3 Å². The molecule has 1 aliphatic carbocycles. The monoisotopic (exact) mass is 497 g/mol. The van der Waals surface area contributed by atoms with Gasteiger partial charge in [-0.2, -0.15) is 0 Å². The number of hydrogen-bond donors (Lipinski definition) is 2. The molecule has 9 nitrogen and oxygen atoms in total. The topological polar surface area (TPSA) is 114 Å². The minimum atomic E-state index is -1.04. The predicted octanol–water partition coefficient (Wildman–Crippen LogP) is 3.25. The van der Waals surface area contributed by atoms with Gasteiger partial charge in [0.25, 0.3) is 0 Å². The number of piperazine rings is 1. The van der Waals surface area contributed by atoms with Crippen LogP contribution < -0.4 is 15.8 Å². The Labute approximate surface area is 213 Å². The summed E-state index contributed by atoms with van der Waals surface area (Å²) < 4.78 is 11.4. The molecule has 1 saturated heterocycles. The van der Waals surface area contributed by atoms with Crippen molar-refractivity contribution in [1.29, 1.82) is 0 Å². The number of nitrogens with two attached hydrogens (primary N) is 1. The summed E-state index contributed by atoms with van der Waals surface area (Å²) in [6, 6.07) is 3.56. The Balaban J connectivity index is 1.54. The van der Waals surface area contributed by atoms with Crippen LogP contribution in [-0.2, 0) is 15.0 Å². The summed E-state index contributed by atoms with van der Waals surface area (Å²) in [5.41, 5.74) is 6.83. The van der Waals surface area contributed by atoms with E-state index >= 15 is 0 Å². The zero-order valence-corrected chi connectivity index (χ0v) is 21.7. The molecule has 4 rings (SSSR count). The average molecular weight is 498 g/mol. The minimum absolute atomic E-state index is 0.423. The molecule has 2 fully saturated rings. The molecule has 0 radical (unpaired) electrons. The van der Waals surface area contributed by atoms with Crippen molar-refractivity contribution in [2.24, 2.45) is 11.7 Å². The van der Waals surface area contributed by atoms with Crippen molar-refractivity contribution in [3.05, 3.63) is 30.3 Å². The van der Waals surface area contributed by atoms with E-state index in [-0.39, 0.29) is 0 Å². The Kier molecular flexibility index (Phi) is 8.31. The number of carbonyl (C=O) groups is 2. The number of ether oxygens (including phenoxy) is 1. The molecule has 196 valence electrons. The zero-order valence-electron chi connectivity index (χ0n) is 21.7. The molecule has 0 spiro atoms. The molecule has 0 unspecified atom stereocenters. The van der Waals surface area contributed by atoms with Crippen LogP contribution in [0.1, 0.15) is 51.5 Å². The van der Waals surface area contributed by atoms with Gasteiger partial charge in [-0.3, -0.25) is 14.5 Å². The smallest absolute Gasteiger partial charge is 0.313 e. The van der Waals surface area contributed by atoms with Gasteiger partial charge < -0.3 is 25.1 Å². The third-order valence-electron chi connectivity index (χ3n) is 7.53. The van der Waals surface area contributed by atoms with Gasteiger partial charge >= 0.3 is 11.8 Å². The van der Waals surface area contributed by atoms with Gasteiger partial charge in [-0.1, -0.05) is 33.1 Å². The first kappa shape index (κ1) is 26.2. The molecule has 1 aliphatic heterocycles. The number of amides is 2. The first-order valence-electron chi connectivity index (χ1n) is 12.9. The molecular weight excluding hydrogens is 458 g/mol. The van der Waals surface area contributed by atoms with Crippen LogP contribution in [0.4, 0.5) is 5.69 Å². The van der Waals surface area contributed by atoms with Crippen LogP contribution in [0.3, 0.4) is 0 Å². The Bertz CT molecular complexity index is 1040. The number of aromatic nitrogens is 1. The molecule has 36 heavy (non-hydrogen) atoms. The highest BCUT2D eigenvalue weighted by atomic mass is 16.5. The maximum absolute atomic E-state index is 12.2. The summed E-state index contributed by atoms with van der Waals surface area (Å²) in [7, 11) is 1.60. The van der Waals surface area contributed by atoms with Gasteiger partial charge in [0.05, 0.1) is 18.9 Å². The standard InChI is InChI=1S/C27H39N5O4/c1-27(2,17-32-13-11-31(12-14-32)16-19-7-5-4-6-8-19)23-21(30-26(34)25(28)33)10-9-20(24(23)35-3)22-15-29-18-36-22/h9-10,15,18-19H,4-8,11-14,16-17H2,1-3H3,(H2,28,33)(H,30,34). The lowest BCUT2D eigenvalue weighted by Crippen LogP contribution is -2.51. The van der Waals surface area contributed by atoms with Crippen LogP contribution in [0, 0.1) is 5.92 Å². The number of hydrogen-bond acceptors (Lipinski definition) is 7. The van der Waals surface area contributed by atoms with Crippen LogP contribution in [0.2, 0.25) is 0 Å². The van der Waals surface area contributed by atoms with Gasteiger partial charge in [-0.25, -0.2) is 4.98 Å². The number of carbonyl (C=O) groups excluding carboxylic acids is 2. The van der Waals surface area contributed by atoms with Crippen LogP contribution in [0.5, 0.6) is 5.75 Å². The van der Waals surface area contributed by atoms with Crippen molar-refractivity contribution in [3.63, 3.8) is 0 Å². The predicted molar refractivity (Wildman–Crippen MR) is 139 cm³/mol. The second kappa shape index (κ2) is 11.4. The van der Waals surface area contributed by atoms with E-state index in [1.165, 1.54) is 45.0 Å². The van der Waals surface area contributed by atoms with Crippen molar-refractivity contribution in [1.82, 2.24) is 14.8 Å². The summed E-state index contributed by atoms with van der Waals surface area (Å²) in [6.45, 7) is 10.3. The third-order valence-corrected chi connectivity index (χ3v) is 7.53. The molecular formula is C27H39N5O4. The van der Waals surface area contributed by atoms with Crippen molar-refractivity contribution in [3.8, 4) is 17.1 Å². The summed E-state index contributed by atoms with van der Waals surface area (Å²) >= 11 is 0. The highest BCUT2D eigenvalue weighted by molar-refractivity contribution is 6.39. The molecule has 1 saturated carbocycles. The van der Waals surface area contributed by atoms with E-state index in [1.54, 1.807) is 25.4 Å². The van der Waals surface area contributed by atoms with E-state index in [0.717, 1.165) is 49.8 Å². The summed E-state index contributed by atoms with van der Waals surface area (Å²) in [4.78, 5) is 32.8. The number of anilines is 1. The Morgan fingerprint density at radius 2 is 1.83 bits per heavy atom. The van der Waals surface area contributed by atoms with Crippen molar-refractivity contribution < 1.29 is 18.7 Å². The molecule has 2 aliphatic rings. The fourth-order valence-electron chi connectivity index (χ4n) is 5.80. The second-order valence-corrected chi connectivity index (χ2v) is 10.7. The molecule has 2 amide bonds. The van der Waals surface area contributed by atoms with Crippen LogP contribution >= 0.6 is 0 Å². The van der Waals surface area contributed by atoms with E-state index in [1.807, 2.05) is 0 Å². The lowest BCUT2D eigenvalue weighted by atomic mass is 9.80. The Morgan fingerprint density at radius 3 is 2.44 bits per heavy atom. The maximum Gasteiger partial charge on any atom is 0.313 e. The largest absolute Gasteiger partial charge is 0.496 e. The normalized spacial score (nSPS) is 18.2. The van der Waals surface area contributed by atoms with Gasteiger partial charge in [0.15, 0.2) is 12.2 Å². The van der Waals surface area contributed by atoms with Gasteiger partial charge in [0, 0.05) is 55.9 Å². The molecule has 0 atom stereocenters. The number of rotatable bonds is 8. The van der Waals surface area contributed by atoms with E-state index in [2.05, 4.69) is 33.9 Å². The van der Waals surface area contributed by atoms with Crippen molar-refractivity contribution in [2.45, 2.75) is 51.4 Å². The number of nitrogens with one attached hydrogen (secondary N) is 1. The highest BCUT2D eigenvalue weighted by Crippen LogP contribution is 2.44. The van der Waals surface area contributed by atoms with Gasteiger partial charge in [-0.15, -0.1) is 0 Å². The first-order chi connectivity index (χ1) is 17.3. The molecule has 1 aromatic carbocycles. The number of methoxy groups -OCH3 is 1. The molecule has 2 heterocycles. The van der Waals surface area contributed by atoms with E-state index < -0.39 is 17.2 Å². The number of benzene rings is 1. The van der Waals surface area contributed by atoms with Crippen molar-refractivity contribution in [2.75, 3.05) is 51.7 Å². The quantitative estimate of drug-likeness (QED) is 0.538. The van der Waals surface area contributed by atoms with Crippen LogP contribution in [-0.4, -0.2) is 73.0 Å². The lowest BCUT2D eigenvalue weighted by Gasteiger charge is -2.41. The first-order valence-corrected chi connectivity index (χ1v) is 12.9. The van der Waals surface area contributed by atoms with Gasteiger partial charge in [0.1, 0.15) is 5.75 Å². The number of oxazole rings is 1. The minimum Gasteiger partial charge on any atom is -0.496 e. The number of nitrogens with zero attached hydrogens (tertiary/aromatic N) is 3. The van der Waals surface area contributed by atoms with E-state index in [9.17, 15) is 9.59 Å². The third kappa shape index (κ3) is 6.07. The fourth-order valence-corrected chi connectivity index (χ4v) is 5.80. The maximum atomic E-state index is 12.2. The fraction of sp³-hybridized carbons (Fsp3) is 0.593. The van der Waals surface area contributed by atoms with Crippen LogP contribution in [0.15, 0.2) is 29.1 Å². The van der Waals surface area contributed by atoms with Crippen molar-refractivity contribution >= 4 is 17.5 Å². The summed E-state index contributed by atoms with van der Waals surface area (Å²) in [6.07, 6.45) is 9.88. The molecule has 0 bridgehead atoms. The van der Waals surface area contributed by atoms with Gasteiger partial charge in [0.2, 0.25) is 0 Å².